The Morgan fingerprint density at radius 2 is 0.530 bits per heavy atom. The lowest BCUT2D eigenvalue weighted by Crippen LogP contribution is -2.75. The maximum absolute atomic E-state index is 14.2. The Hall–Kier alpha value is -7.93. The number of pyridine rings is 1. The maximum Gasteiger partial charge on any atom is 0.416 e. The van der Waals surface area contributed by atoms with Gasteiger partial charge in [-0.25, -0.2) is 4.57 Å². The van der Waals surface area contributed by atoms with Gasteiger partial charge in [-0.2, -0.15) is 127 Å². The van der Waals surface area contributed by atoms with Crippen LogP contribution in [0.25, 0.3) is 11.1 Å². The van der Waals surface area contributed by atoms with Crippen LogP contribution in [0.4, 0.5) is 105 Å². The van der Waals surface area contributed by atoms with E-state index in [1.807, 2.05) is 0 Å². The normalized spacial score (nSPS) is 13.8. The van der Waals surface area contributed by atoms with Crippen molar-refractivity contribution in [2.24, 2.45) is 0 Å². The molecule has 0 unspecified atom stereocenters. The summed E-state index contributed by atoms with van der Waals surface area (Å²) in [5, 5.41) is 0. The second-order valence-corrected chi connectivity index (χ2v) is 19.1. The molecule has 83 heavy (non-hydrogen) atoms. The molecule has 8 aromatic rings. The highest BCUT2D eigenvalue weighted by Gasteiger charge is 2.47. The van der Waals surface area contributed by atoms with Gasteiger partial charge < -0.3 is 0 Å². The molecule has 1 aliphatic rings. The Labute approximate surface area is 453 Å². The van der Waals surface area contributed by atoms with Crippen molar-refractivity contribution in [3.8, 4) is 11.1 Å². The second kappa shape index (κ2) is 21.4. The summed E-state index contributed by atoms with van der Waals surface area (Å²) in [5.74, 6) is 0.328. The average molecular weight is 1200 g/mol. The number of hydrogen-bond acceptors (Lipinski definition) is 0. The summed E-state index contributed by atoms with van der Waals surface area (Å²) < 4.78 is 343. The molecular weight excluding hydrogens is 1170 g/mol. The average Bonchev–Trinajstić information content (AvgIpc) is 3.22. The Morgan fingerprint density at radius 1 is 0.289 bits per heavy atom. The van der Waals surface area contributed by atoms with Gasteiger partial charge in [-0.3, -0.25) is 0 Å². The molecule has 0 N–H and O–H groups in total. The van der Waals surface area contributed by atoms with Gasteiger partial charge in [0.25, 0.3) is 0 Å². The van der Waals surface area contributed by atoms with Gasteiger partial charge >= 0.3 is 49.4 Å². The van der Waals surface area contributed by atoms with E-state index >= 15 is 0 Å². The number of aromatic nitrogens is 1. The quantitative estimate of drug-likeness (QED) is 0.0851. The number of rotatable bonds is 7. The smallest absolute Gasteiger partial charge is 0.201 e. The Morgan fingerprint density at radius 3 is 0.783 bits per heavy atom. The van der Waals surface area contributed by atoms with Crippen molar-refractivity contribution in [3.63, 3.8) is 0 Å². The van der Waals surface area contributed by atoms with E-state index in [1.54, 1.807) is 0 Å². The van der Waals surface area contributed by atoms with Crippen LogP contribution in [0.3, 0.4) is 0 Å². The topological polar surface area (TPSA) is 3.88 Å². The zero-order valence-corrected chi connectivity index (χ0v) is 41.1. The van der Waals surface area contributed by atoms with Gasteiger partial charge in [0.15, 0.2) is 18.9 Å². The molecule has 0 saturated carbocycles. The van der Waals surface area contributed by atoms with Gasteiger partial charge in [0.2, 0.25) is 0 Å². The molecule has 9 rings (SSSR count). The standard InChI is InChI=1S/C32H12BF24.C25H20N/c34-25(35,36)13-1-14(26(37,38)39)6-21(5-13)33(22-7-15(27(40,41)42)2-16(8-22)28(43,44)45,23-9-17(29(46,47)48)3-18(10-23)30(49,50)51)24-11-19(31(52,53)54)4-20(12-24)32(55,56)57;1-2-8-19(9-3-1)18-26-16-14-20(15-17-26)25-23-12-6-4-10-21(23)22-11-5-7-13-24(22)25/h1-12H;1-17,25H,18H2/q-1;+1. The Kier molecular flexibility index (Phi) is 15.7. The lowest BCUT2D eigenvalue weighted by atomic mass is 9.12. The van der Waals surface area contributed by atoms with Gasteiger partial charge in [-0.15, -0.1) is 0 Å². The van der Waals surface area contributed by atoms with Crippen molar-refractivity contribution in [1.29, 1.82) is 0 Å². The predicted octanol–water partition coefficient (Wildman–Crippen LogP) is 16.4. The molecule has 7 aromatic carbocycles. The SMILES string of the molecule is FC(F)(F)c1cc([B-](c2cc(C(F)(F)F)cc(C(F)(F)F)c2)(c2cc(C(F)(F)F)cc(C(F)(F)F)c2)c2cc(C(F)(F)F)cc(C(F)(F)F)c2)cc(C(F)(F)F)c1.c1ccc(C[n+]2ccc(C3c4ccccc4-c4ccccc43)cc2)cc1. The Balaban J connectivity index is 0.000000283. The van der Waals surface area contributed by atoms with Crippen LogP contribution in [0.15, 0.2) is 176 Å². The number of benzene rings is 7. The highest BCUT2D eigenvalue weighted by atomic mass is 19.4. The summed E-state index contributed by atoms with van der Waals surface area (Å²) in [6.45, 7) is 0.902. The summed E-state index contributed by atoms with van der Waals surface area (Å²) >= 11 is 0. The molecular formula is C57H32BF24N. The fourth-order valence-electron chi connectivity index (χ4n) is 10.1. The van der Waals surface area contributed by atoms with Crippen LogP contribution in [0, 0.1) is 0 Å². The molecule has 1 heterocycles. The van der Waals surface area contributed by atoms with Crippen LogP contribution in [-0.4, -0.2) is 6.15 Å². The van der Waals surface area contributed by atoms with E-state index in [0.29, 0.717) is 5.92 Å². The van der Waals surface area contributed by atoms with Crippen LogP contribution >= 0.6 is 0 Å². The van der Waals surface area contributed by atoms with Crippen LogP contribution in [-0.2, 0) is 56.0 Å². The van der Waals surface area contributed by atoms with E-state index in [9.17, 15) is 105 Å². The molecule has 26 heteroatoms. The zero-order valence-electron chi connectivity index (χ0n) is 41.1. The van der Waals surface area contributed by atoms with Crippen molar-refractivity contribution < 1.29 is 110 Å². The summed E-state index contributed by atoms with van der Waals surface area (Å²) in [7, 11) is 0. The van der Waals surface area contributed by atoms with Crippen LogP contribution in [0.1, 0.15) is 72.7 Å². The number of hydrogen-bond donors (Lipinski definition) is 0. The first-order chi connectivity index (χ1) is 38.2. The van der Waals surface area contributed by atoms with Crippen LogP contribution < -0.4 is 26.4 Å². The van der Waals surface area contributed by atoms with Gasteiger partial charge in [-0.1, -0.05) is 127 Å². The lowest BCUT2D eigenvalue weighted by Gasteiger charge is -2.46. The minimum atomic E-state index is -6.13. The first-order valence-corrected chi connectivity index (χ1v) is 23.7. The van der Waals surface area contributed by atoms with E-state index in [2.05, 4.69) is 108 Å². The van der Waals surface area contributed by atoms with Gasteiger partial charge in [0.1, 0.15) is 6.15 Å². The first kappa shape index (κ1) is 61.2. The van der Waals surface area contributed by atoms with Crippen molar-refractivity contribution in [3.05, 3.63) is 243 Å². The molecule has 1 nitrogen and oxygen atoms in total. The third-order valence-corrected chi connectivity index (χ3v) is 13.7. The fraction of sp³-hybridized carbons (Fsp3) is 0.175. The second-order valence-electron chi connectivity index (χ2n) is 19.1. The zero-order chi connectivity index (χ0) is 61.3. The van der Waals surface area contributed by atoms with Crippen LogP contribution in [0.2, 0.25) is 0 Å². The summed E-state index contributed by atoms with van der Waals surface area (Å²) in [6.07, 6.45) is -50.4. The minimum absolute atomic E-state index is 0.328. The Bertz CT molecular complexity index is 3170. The highest BCUT2D eigenvalue weighted by molar-refractivity contribution is 7.20. The molecule has 0 saturated heterocycles. The summed E-state index contributed by atoms with van der Waals surface area (Å²) in [4.78, 5) is 0. The van der Waals surface area contributed by atoms with E-state index in [1.165, 1.54) is 33.4 Å². The third-order valence-electron chi connectivity index (χ3n) is 13.7. The molecule has 0 amide bonds. The number of halogens is 24. The fourth-order valence-corrected chi connectivity index (χ4v) is 10.1. The van der Waals surface area contributed by atoms with Crippen molar-refractivity contribution >= 4 is 28.0 Å². The van der Waals surface area contributed by atoms with E-state index in [0.717, 1.165) is 6.54 Å². The minimum Gasteiger partial charge on any atom is -0.201 e. The monoisotopic (exact) mass is 1200 g/mol. The molecule has 1 aliphatic carbocycles. The summed E-state index contributed by atoms with van der Waals surface area (Å²) in [5.41, 5.74) is -22.0. The molecule has 0 fully saturated rings. The molecule has 0 radical (unpaired) electrons. The molecule has 0 spiro atoms. The van der Waals surface area contributed by atoms with E-state index in [-0.39, 0.29) is 0 Å². The number of fused-ring (bicyclic) bond motifs is 3. The third kappa shape index (κ3) is 13.0. The number of alkyl halides is 24. The van der Waals surface area contributed by atoms with Gasteiger partial charge in [-0.05, 0) is 52.1 Å². The van der Waals surface area contributed by atoms with Crippen LogP contribution in [0.5, 0.6) is 0 Å². The lowest BCUT2D eigenvalue weighted by molar-refractivity contribution is -0.688. The molecule has 436 valence electrons. The van der Waals surface area contributed by atoms with E-state index < -0.39 is 195 Å². The maximum atomic E-state index is 14.2. The largest absolute Gasteiger partial charge is 0.416 e. The number of nitrogens with zero attached hydrogens (tertiary/aromatic N) is 1. The molecule has 0 bridgehead atoms. The van der Waals surface area contributed by atoms with E-state index in [4.69, 9.17) is 0 Å². The molecule has 0 aliphatic heterocycles. The molecule has 0 atom stereocenters. The van der Waals surface area contributed by atoms with Crippen molar-refractivity contribution in [2.75, 3.05) is 0 Å². The highest BCUT2D eigenvalue weighted by Crippen LogP contribution is 2.48. The van der Waals surface area contributed by atoms with Crippen molar-refractivity contribution in [1.82, 2.24) is 0 Å². The van der Waals surface area contributed by atoms with Crippen molar-refractivity contribution in [2.45, 2.75) is 61.9 Å². The van der Waals surface area contributed by atoms with Gasteiger partial charge in [0.05, 0.1) is 44.5 Å². The first-order valence-electron chi connectivity index (χ1n) is 23.7. The molecule has 1 aromatic heterocycles. The predicted molar refractivity (Wildman–Crippen MR) is 255 cm³/mol. The summed E-state index contributed by atoms with van der Waals surface area (Å²) in [6, 6.07) is 23.9. The van der Waals surface area contributed by atoms with Gasteiger partial charge in [0, 0.05) is 23.6 Å².